The van der Waals surface area contributed by atoms with E-state index in [1.54, 1.807) is 12.1 Å². The average molecular weight is 446 g/mol. The van der Waals surface area contributed by atoms with Gasteiger partial charge in [0, 0.05) is 35.4 Å². The number of nitrogens with zero attached hydrogens (tertiary/aromatic N) is 4. The zero-order chi connectivity index (χ0) is 24.1. The van der Waals surface area contributed by atoms with Crippen LogP contribution in [0.25, 0.3) is 16.7 Å². The van der Waals surface area contributed by atoms with Gasteiger partial charge in [-0.1, -0.05) is 26.2 Å². The molecule has 33 heavy (non-hydrogen) atoms. The Balaban J connectivity index is 2.23. The molecule has 0 spiro atoms. The Morgan fingerprint density at radius 1 is 0.939 bits per heavy atom. The van der Waals surface area contributed by atoms with Crippen molar-refractivity contribution in [3.8, 4) is 23.3 Å². The van der Waals surface area contributed by atoms with Crippen molar-refractivity contribution >= 4 is 22.9 Å². The fourth-order valence-electron chi connectivity index (χ4n) is 3.77. The number of hydrogen-bond donors (Lipinski definition) is 0. The number of non-ortho nitro benzene ring substituents is 2. The molecular formula is C23H18N4O6. The van der Waals surface area contributed by atoms with E-state index in [2.05, 4.69) is 0 Å². The number of hydrogen-bond acceptors (Lipinski definition) is 8. The summed E-state index contributed by atoms with van der Waals surface area (Å²) in [6.07, 6.45) is 3.49. The molecule has 1 aliphatic carbocycles. The highest BCUT2D eigenvalue weighted by molar-refractivity contribution is 6.11. The van der Waals surface area contributed by atoms with Gasteiger partial charge in [-0.2, -0.15) is 10.5 Å². The van der Waals surface area contributed by atoms with Gasteiger partial charge < -0.3 is 4.74 Å². The second-order valence-corrected chi connectivity index (χ2v) is 7.33. The van der Waals surface area contributed by atoms with Crippen molar-refractivity contribution < 1.29 is 19.4 Å². The van der Waals surface area contributed by atoms with Gasteiger partial charge in [0.1, 0.15) is 17.7 Å². The number of allylic oxidation sites excluding steroid dienone is 1. The van der Waals surface area contributed by atoms with Crippen LogP contribution in [0.5, 0.6) is 0 Å². The molecule has 3 rings (SSSR count). The molecule has 2 aromatic carbocycles. The molecule has 0 atom stereocenters. The Bertz CT molecular complexity index is 1270. The lowest BCUT2D eigenvalue weighted by Gasteiger charge is -2.10. The number of nitro benzene ring substituents is 2. The quantitative estimate of drug-likeness (QED) is 0.152. The zero-order valence-corrected chi connectivity index (χ0v) is 17.7. The predicted octanol–water partition coefficient (Wildman–Crippen LogP) is 5.07. The van der Waals surface area contributed by atoms with Crippen LogP contribution in [-0.4, -0.2) is 22.4 Å². The standard InChI is InChI=1S/C23H18N4O6/c1-2-3-4-5-8-33-23(28)20-11-16(27(31)32)10-19-21(14(12-24)13-25)18-9-15(26(29)30)6-7-17(18)22(19)20/h6-7,9-11H,2-5,8H2,1H3. The van der Waals surface area contributed by atoms with E-state index in [4.69, 9.17) is 4.74 Å². The number of rotatable bonds is 8. The first-order valence-corrected chi connectivity index (χ1v) is 10.2. The highest BCUT2D eigenvalue weighted by Gasteiger charge is 2.34. The monoisotopic (exact) mass is 446 g/mol. The van der Waals surface area contributed by atoms with Crippen LogP contribution < -0.4 is 0 Å². The van der Waals surface area contributed by atoms with E-state index in [0.29, 0.717) is 12.0 Å². The van der Waals surface area contributed by atoms with E-state index < -0.39 is 21.5 Å². The zero-order valence-electron chi connectivity index (χ0n) is 17.7. The number of carbonyl (C=O) groups excluding carboxylic acids is 1. The van der Waals surface area contributed by atoms with Gasteiger partial charge in [0.2, 0.25) is 0 Å². The summed E-state index contributed by atoms with van der Waals surface area (Å²) in [4.78, 5) is 34.4. The van der Waals surface area contributed by atoms with Crippen LogP contribution in [-0.2, 0) is 4.74 Å². The molecule has 1 aliphatic rings. The normalized spacial score (nSPS) is 11.1. The lowest BCUT2D eigenvalue weighted by molar-refractivity contribution is -0.385. The van der Waals surface area contributed by atoms with Crippen LogP contribution in [0.15, 0.2) is 35.9 Å². The number of fused-ring (bicyclic) bond motifs is 3. The molecule has 0 amide bonds. The summed E-state index contributed by atoms with van der Waals surface area (Å²) >= 11 is 0. The van der Waals surface area contributed by atoms with E-state index in [0.717, 1.165) is 31.4 Å². The molecular weight excluding hydrogens is 428 g/mol. The lowest BCUT2D eigenvalue weighted by Crippen LogP contribution is -2.09. The summed E-state index contributed by atoms with van der Waals surface area (Å²) in [7, 11) is 0. The molecule has 0 unspecified atom stereocenters. The third kappa shape index (κ3) is 4.41. The first-order chi connectivity index (χ1) is 15.8. The Morgan fingerprint density at radius 3 is 2.21 bits per heavy atom. The molecule has 0 heterocycles. The summed E-state index contributed by atoms with van der Waals surface area (Å²) in [5, 5.41) is 41.8. The fraction of sp³-hybridized carbons (Fsp3) is 0.261. The predicted molar refractivity (Wildman–Crippen MR) is 117 cm³/mol. The molecule has 10 nitrogen and oxygen atoms in total. The summed E-state index contributed by atoms with van der Waals surface area (Å²) in [6.45, 7) is 2.18. The number of nitro groups is 2. The SMILES string of the molecule is CCCCCCOC(=O)c1cc([N+](=O)[O-])cc2c1-c1ccc([N+](=O)[O-])cc1C2=C(C#N)C#N. The summed E-state index contributed by atoms with van der Waals surface area (Å²) in [6, 6.07) is 9.53. The smallest absolute Gasteiger partial charge is 0.339 e. The van der Waals surface area contributed by atoms with Gasteiger partial charge in [-0.25, -0.2) is 4.79 Å². The van der Waals surface area contributed by atoms with Gasteiger partial charge in [-0.3, -0.25) is 20.2 Å². The number of unbranched alkanes of at least 4 members (excludes halogenated alkanes) is 3. The number of esters is 1. The summed E-state index contributed by atoms with van der Waals surface area (Å²) < 4.78 is 5.34. The summed E-state index contributed by atoms with van der Waals surface area (Å²) in [5.41, 5.74) is -0.320. The molecule has 2 aromatic rings. The van der Waals surface area contributed by atoms with Gasteiger partial charge in [-0.05, 0) is 29.2 Å². The van der Waals surface area contributed by atoms with Crippen molar-refractivity contribution in [2.75, 3.05) is 6.61 Å². The van der Waals surface area contributed by atoms with Crippen molar-refractivity contribution in [2.45, 2.75) is 32.6 Å². The van der Waals surface area contributed by atoms with Crippen molar-refractivity contribution in [3.05, 3.63) is 72.8 Å². The van der Waals surface area contributed by atoms with Gasteiger partial charge in [0.25, 0.3) is 11.4 Å². The minimum absolute atomic E-state index is 0.00870. The first-order valence-electron chi connectivity index (χ1n) is 10.2. The van der Waals surface area contributed by atoms with Crippen LogP contribution in [0.1, 0.15) is 54.1 Å². The van der Waals surface area contributed by atoms with Crippen LogP contribution in [0.4, 0.5) is 11.4 Å². The molecule has 0 bridgehead atoms. The topological polar surface area (TPSA) is 160 Å². The molecule has 0 aromatic heterocycles. The third-order valence-electron chi connectivity index (χ3n) is 5.28. The van der Waals surface area contributed by atoms with Gasteiger partial charge in [-0.15, -0.1) is 0 Å². The Hall–Kier alpha value is -4.57. The number of benzene rings is 2. The van der Waals surface area contributed by atoms with Crippen molar-refractivity contribution in [1.29, 1.82) is 10.5 Å². The molecule has 0 saturated heterocycles. The molecule has 0 N–H and O–H groups in total. The van der Waals surface area contributed by atoms with Gasteiger partial charge >= 0.3 is 5.97 Å². The number of carbonyl (C=O) groups is 1. The molecule has 0 saturated carbocycles. The van der Waals surface area contributed by atoms with E-state index in [9.17, 15) is 35.5 Å². The third-order valence-corrected chi connectivity index (χ3v) is 5.28. The number of nitriles is 2. The lowest BCUT2D eigenvalue weighted by atomic mass is 9.96. The minimum Gasteiger partial charge on any atom is -0.462 e. The molecule has 0 fully saturated rings. The van der Waals surface area contributed by atoms with Crippen molar-refractivity contribution in [3.63, 3.8) is 0 Å². The minimum atomic E-state index is -0.785. The van der Waals surface area contributed by atoms with E-state index in [-0.39, 0.29) is 45.7 Å². The Morgan fingerprint density at radius 2 is 1.61 bits per heavy atom. The molecule has 0 radical (unpaired) electrons. The summed E-state index contributed by atoms with van der Waals surface area (Å²) in [5.74, 6) is -0.785. The second kappa shape index (κ2) is 9.71. The Kier molecular flexibility index (Phi) is 6.79. The maximum absolute atomic E-state index is 12.9. The van der Waals surface area contributed by atoms with Crippen LogP contribution >= 0.6 is 0 Å². The average Bonchev–Trinajstić information content (AvgIpc) is 3.12. The van der Waals surface area contributed by atoms with Crippen LogP contribution in [0.2, 0.25) is 0 Å². The first kappa shape index (κ1) is 23.1. The highest BCUT2D eigenvalue weighted by atomic mass is 16.6. The number of ether oxygens (including phenoxy) is 1. The molecule has 0 aliphatic heterocycles. The maximum atomic E-state index is 12.9. The van der Waals surface area contributed by atoms with E-state index >= 15 is 0 Å². The second-order valence-electron chi connectivity index (χ2n) is 7.33. The highest BCUT2D eigenvalue weighted by Crippen LogP contribution is 2.49. The fourth-order valence-corrected chi connectivity index (χ4v) is 3.77. The van der Waals surface area contributed by atoms with Crippen LogP contribution in [0.3, 0.4) is 0 Å². The van der Waals surface area contributed by atoms with Crippen molar-refractivity contribution in [2.24, 2.45) is 0 Å². The Labute approximate surface area is 188 Å². The van der Waals surface area contributed by atoms with Gasteiger partial charge in [0.15, 0.2) is 0 Å². The van der Waals surface area contributed by atoms with Crippen LogP contribution in [0, 0.1) is 42.9 Å². The molecule has 10 heteroatoms. The molecule has 166 valence electrons. The van der Waals surface area contributed by atoms with Gasteiger partial charge in [0.05, 0.1) is 22.0 Å². The van der Waals surface area contributed by atoms with E-state index in [1.165, 1.54) is 18.2 Å². The van der Waals surface area contributed by atoms with E-state index in [1.807, 2.05) is 6.92 Å². The van der Waals surface area contributed by atoms with Crippen molar-refractivity contribution in [1.82, 2.24) is 0 Å². The maximum Gasteiger partial charge on any atom is 0.339 e. The largest absolute Gasteiger partial charge is 0.462 e.